The number of hydrogen-bond acceptors (Lipinski definition) is 5. The van der Waals surface area contributed by atoms with Crippen LogP contribution < -0.4 is 4.90 Å². The van der Waals surface area contributed by atoms with Gasteiger partial charge in [0.2, 0.25) is 11.9 Å². The predicted octanol–water partition coefficient (Wildman–Crippen LogP) is 1.31. The van der Waals surface area contributed by atoms with Crippen molar-refractivity contribution in [1.29, 1.82) is 0 Å². The van der Waals surface area contributed by atoms with Gasteiger partial charge in [-0.1, -0.05) is 0 Å². The molecule has 0 N–H and O–H groups in total. The van der Waals surface area contributed by atoms with Crippen LogP contribution in [0.1, 0.15) is 43.0 Å². The third-order valence-corrected chi connectivity index (χ3v) is 5.65. The van der Waals surface area contributed by atoms with Crippen LogP contribution in [0.5, 0.6) is 0 Å². The summed E-state index contributed by atoms with van der Waals surface area (Å²) in [5.74, 6) is 1.50. The zero-order chi connectivity index (χ0) is 15.4. The van der Waals surface area contributed by atoms with Crippen molar-refractivity contribution in [2.45, 2.75) is 44.2 Å². The second-order valence-corrected chi connectivity index (χ2v) is 7.14. The Kier molecular flexibility index (Phi) is 3.08. The highest BCUT2D eigenvalue weighted by atomic mass is 16.5. The highest BCUT2D eigenvalue weighted by Crippen LogP contribution is 2.46. The van der Waals surface area contributed by atoms with Crippen molar-refractivity contribution >= 4 is 11.9 Å². The summed E-state index contributed by atoms with van der Waals surface area (Å²) in [7, 11) is 0. The molecular weight excluding hydrogens is 292 g/mol. The maximum Gasteiger partial charge on any atom is 0.226 e. The highest BCUT2D eigenvalue weighted by molar-refractivity contribution is 5.82. The predicted molar refractivity (Wildman–Crippen MR) is 84.1 cm³/mol. The van der Waals surface area contributed by atoms with Crippen LogP contribution in [0.3, 0.4) is 0 Å². The van der Waals surface area contributed by atoms with Crippen LogP contribution in [0.25, 0.3) is 0 Å². The molecule has 1 saturated carbocycles. The Labute approximate surface area is 135 Å². The summed E-state index contributed by atoms with van der Waals surface area (Å²) in [4.78, 5) is 26.4. The highest BCUT2D eigenvalue weighted by Gasteiger charge is 2.47. The van der Waals surface area contributed by atoms with Crippen molar-refractivity contribution in [1.82, 2.24) is 14.9 Å². The van der Waals surface area contributed by atoms with Gasteiger partial charge in [-0.05, 0) is 25.7 Å². The lowest BCUT2D eigenvalue weighted by molar-refractivity contribution is -0.136. The molecule has 1 amide bonds. The van der Waals surface area contributed by atoms with Crippen molar-refractivity contribution in [3.63, 3.8) is 0 Å². The van der Waals surface area contributed by atoms with E-state index in [1.54, 1.807) is 0 Å². The van der Waals surface area contributed by atoms with Gasteiger partial charge in [-0.25, -0.2) is 9.97 Å². The van der Waals surface area contributed by atoms with E-state index in [1.165, 1.54) is 5.56 Å². The van der Waals surface area contributed by atoms with Gasteiger partial charge >= 0.3 is 0 Å². The minimum atomic E-state index is 0.218. The van der Waals surface area contributed by atoms with Crippen LogP contribution in [0.15, 0.2) is 6.20 Å². The Morgan fingerprint density at radius 3 is 2.78 bits per heavy atom. The maximum atomic E-state index is 12.6. The average molecular weight is 314 g/mol. The molecule has 2 atom stereocenters. The van der Waals surface area contributed by atoms with E-state index in [4.69, 9.17) is 9.72 Å². The van der Waals surface area contributed by atoms with Crippen molar-refractivity contribution in [3.8, 4) is 0 Å². The Hall–Kier alpha value is -1.69. The van der Waals surface area contributed by atoms with Gasteiger partial charge in [0.1, 0.15) is 0 Å². The van der Waals surface area contributed by atoms with Crippen molar-refractivity contribution in [2.75, 3.05) is 31.2 Å². The minimum Gasteiger partial charge on any atom is -0.378 e. The molecule has 3 aliphatic heterocycles. The van der Waals surface area contributed by atoms with Crippen LogP contribution >= 0.6 is 0 Å². The monoisotopic (exact) mass is 314 g/mol. The second-order valence-electron chi connectivity index (χ2n) is 7.14. The van der Waals surface area contributed by atoms with Crippen LogP contribution in [0.2, 0.25) is 0 Å². The van der Waals surface area contributed by atoms with Gasteiger partial charge in [0.15, 0.2) is 0 Å². The number of carbonyl (C=O) groups excluding carboxylic acids is 1. The molecular formula is C17H22N4O2. The molecule has 4 heterocycles. The molecule has 2 saturated heterocycles. The van der Waals surface area contributed by atoms with E-state index in [1.807, 2.05) is 6.20 Å². The number of ether oxygens (including phenoxy) is 1. The van der Waals surface area contributed by atoms with Crippen LogP contribution in [-0.2, 0) is 16.0 Å². The fourth-order valence-electron chi connectivity index (χ4n) is 4.26. The van der Waals surface area contributed by atoms with E-state index in [0.717, 1.165) is 70.0 Å². The van der Waals surface area contributed by atoms with Crippen molar-refractivity contribution < 1.29 is 9.53 Å². The molecule has 2 bridgehead atoms. The molecule has 0 radical (unpaired) electrons. The van der Waals surface area contributed by atoms with Gasteiger partial charge in [0.05, 0.1) is 24.9 Å². The van der Waals surface area contributed by atoms with Gasteiger partial charge in [-0.2, -0.15) is 0 Å². The van der Waals surface area contributed by atoms with Crippen LogP contribution in [0.4, 0.5) is 5.95 Å². The van der Waals surface area contributed by atoms with E-state index in [9.17, 15) is 4.79 Å². The normalized spacial score (nSPS) is 29.6. The van der Waals surface area contributed by atoms with Gasteiger partial charge in [-0.3, -0.25) is 4.79 Å². The molecule has 1 aromatic rings. The van der Waals surface area contributed by atoms with Gasteiger partial charge < -0.3 is 14.5 Å². The molecule has 3 fully saturated rings. The number of anilines is 1. The fraction of sp³-hybridized carbons (Fsp3) is 0.706. The van der Waals surface area contributed by atoms with E-state index in [2.05, 4.69) is 14.8 Å². The largest absolute Gasteiger partial charge is 0.378 e. The average Bonchev–Trinajstić information content (AvgIpc) is 3.39. The maximum absolute atomic E-state index is 12.6. The topological polar surface area (TPSA) is 58.6 Å². The summed E-state index contributed by atoms with van der Waals surface area (Å²) in [6, 6.07) is 0.573. The molecule has 4 aliphatic rings. The number of morpholine rings is 1. The lowest BCUT2D eigenvalue weighted by atomic mass is 9.98. The lowest BCUT2D eigenvalue weighted by Gasteiger charge is -2.36. The number of carbonyl (C=O) groups is 1. The number of hydrogen-bond donors (Lipinski definition) is 0. The van der Waals surface area contributed by atoms with E-state index in [-0.39, 0.29) is 6.04 Å². The van der Waals surface area contributed by atoms with Crippen molar-refractivity contribution in [2.24, 2.45) is 5.92 Å². The SMILES string of the molecule is O=C(C1CC1)N1[C@@H]2CC[C@@H]1c1cnc(N3CCOCC3)nc1C2. The molecule has 1 aliphatic carbocycles. The molecule has 0 aromatic carbocycles. The molecule has 0 unspecified atom stereocenters. The van der Waals surface area contributed by atoms with E-state index >= 15 is 0 Å². The number of fused-ring (bicyclic) bond motifs is 4. The quantitative estimate of drug-likeness (QED) is 0.824. The zero-order valence-electron chi connectivity index (χ0n) is 13.3. The first-order valence-electron chi connectivity index (χ1n) is 8.82. The van der Waals surface area contributed by atoms with Gasteiger partial charge in [0.25, 0.3) is 0 Å². The zero-order valence-corrected chi connectivity index (χ0v) is 13.3. The number of rotatable bonds is 2. The Bertz CT molecular complexity index is 639. The summed E-state index contributed by atoms with van der Waals surface area (Å²) >= 11 is 0. The molecule has 6 heteroatoms. The minimum absolute atomic E-state index is 0.218. The molecule has 122 valence electrons. The van der Waals surface area contributed by atoms with Crippen LogP contribution in [-0.4, -0.2) is 53.1 Å². The number of nitrogens with zero attached hydrogens (tertiary/aromatic N) is 4. The standard InChI is InChI=1S/C17H22N4O2/c22-16(11-1-2-11)21-12-3-4-15(21)13-10-18-17(19-14(13)9-12)20-5-7-23-8-6-20/h10-12,15H,1-9H2/t12-,15-/m1/s1. The first kappa shape index (κ1) is 13.7. The second kappa shape index (κ2) is 5.16. The summed E-state index contributed by atoms with van der Waals surface area (Å²) in [6.45, 7) is 3.21. The van der Waals surface area contributed by atoms with E-state index < -0.39 is 0 Å². The molecule has 6 nitrogen and oxygen atoms in total. The Morgan fingerprint density at radius 1 is 1.17 bits per heavy atom. The Morgan fingerprint density at radius 2 is 2.00 bits per heavy atom. The smallest absolute Gasteiger partial charge is 0.226 e. The van der Waals surface area contributed by atoms with Gasteiger partial charge in [-0.15, -0.1) is 0 Å². The summed E-state index contributed by atoms with van der Waals surface area (Å²) in [6.07, 6.45) is 7.20. The third-order valence-electron chi connectivity index (χ3n) is 5.65. The fourth-order valence-corrected chi connectivity index (χ4v) is 4.26. The molecule has 1 aromatic heterocycles. The summed E-state index contributed by atoms with van der Waals surface area (Å²) < 4.78 is 5.41. The summed E-state index contributed by atoms with van der Waals surface area (Å²) in [5, 5.41) is 0. The molecule has 23 heavy (non-hydrogen) atoms. The van der Waals surface area contributed by atoms with Gasteiger partial charge in [0, 0.05) is 43.2 Å². The molecule has 0 spiro atoms. The van der Waals surface area contributed by atoms with Crippen molar-refractivity contribution in [3.05, 3.63) is 17.5 Å². The molecule has 5 rings (SSSR count). The van der Waals surface area contributed by atoms with Crippen LogP contribution in [0, 0.1) is 5.92 Å². The first-order chi connectivity index (χ1) is 11.3. The lowest BCUT2D eigenvalue weighted by Crippen LogP contribution is -2.43. The number of aromatic nitrogens is 2. The first-order valence-corrected chi connectivity index (χ1v) is 8.82. The number of amides is 1. The third kappa shape index (κ3) is 2.23. The Balaban J connectivity index is 1.44. The van der Waals surface area contributed by atoms with E-state index in [0.29, 0.717) is 17.9 Å². The summed E-state index contributed by atoms with van der Waals surface area (Å²) in [5.41, 5.74) is 2.35.